The Labute approximate surface area is 135 Å². The SMILES string of the molecule is Cl.c1ccc(C23CC(CN(CC4CCCCC4)C2)C3)cc1. The molecule has 4 aliphatic rings. The fourth-order valence-electron chi connectivity index (χ4n) is 5.15. The Bertz CT molecular complexity index is 446. The first kappa shape index (κ1) is 15.4. The molecule has 1 aromatic carbocycles. The summed E-state index contributed by atoms with van der Waals surface area (Å²) in [4.78, 5) is 2.81. The van der Waals surface area contributed by atoms with Gasteiger partial charge in [0.25, 0.3) is 0 Å². The minimum Gasteiger partial charge on any atom is -0.302 e. The van der Waals surface area contributed by atoms with Gasteiger partial charge in [0, 0.05) is 25.0 Å². The fourth-order valence-corrected chi connectivity index (χ4v) is 5.15. The van der Waals surface area contributed by atoms with E-state index in [0.29, 0.717) is 5.41 Å². The molecular formula is C19H28ClN. The lowest BCUT2D eigenvalue weighted by Crippen LogP contribution is -2.59. The summed E-state index contributed by atoms with van der Waals surface area (Å²) in [6.45, 7) is 4.08. The van der Waals surface area contributed by atoms with Crippen LogP contribution in [0.3, 0.4) is 0 Å². The van der Waals surface area contributed by atoms with Crippen molar-refractivity contribution in [2.75, 3.05) is 19.6 Å². The maximum atomic E-state index is 2.81. The summed E-state index contributed by atoms with van der Waals surface area (Å²) in [6.07, 6.45) is 10.3. The van der Waals surface area contributed by atoms with Crippen molar-refractivity contribution >= 4 is 12.4 Å². The van der Waals surface area contributed by atoms with Crippen LogP contribution in [-0.4, -0.2) is 24.5 Å². The predicted octanol–water partition coefficient (Wildman–Crippen LogP) is 4.65. The minimum absolute atomic E-state index is 0. The summed E-state index contributed by atoms with van der Waals surface area (Å²) >= 11 is 0. The van der Waals surface area contributed by atoms with Crippen LogP contribution >= 0.6 is 12.4 Å². The molecule has 0 unspecified atom stereocenters. The summed E-state index contributed by atoms with van der Waals surface area (Å²) in [5, 5.41) is 0. The van der Waals surface area contributed by atoms with Crippen LogP contribution in [0, 0.1) is 11.8 Å². The molecule has 0 spiro atoms. The van der Waals surface area contributed by atoms with Gasteiger partial charge in [-0.2, -0.15) is 0 Å². The quantitative estimate of drug-likeness (QED) is 0.785. The highest BCUT2D eigenvalue weighted by Crippen LogP contribution is 2.52. The molecule has 1 aromatic rings. The molecule has 0 radical (unpaired) electrons. The van der Waals surface area contributed by atoms with Gasteiger partial charge in [0.2, 0.25) is 0 Å². The highest BCUT2D eigenvalue weighted by molar-refractivity contribution is 5.85. The molecule has 2 bridgehead atoms. The van der Waals surface area contributed by atoms with E-state index in [-0.39, 0.29) is 12.4 Å². The zero-order valence-electron chi connectivity index (χ0n) is 13.0. The highest BCUT2D eigenvalue weighted by Gasteiger charge is 2.50. The number of hydrogen-bond donors (Lipinski definition) is 0. The third-order valence-corrected chi connectivity index (χ3v) is 6.03. The predicted molar refractivity (Wildman–Crippen MR) is 91.1 cm³/mol. The van der Waals surface area contributed by atoms with Crippen LogP contribution in [0.5, 0.6) is 0 Å². The Morgan fingerprint density at radius 1 is 1.00 bits per heavy atom. The second-order valence-electron chi connectivity index (χ2n) is 7.62. The van der Waals surface area contributed by atoms with Crippen molar-refractivity contribution in [3.05, 3.63) is 35.9 Å². The van der Waals surface area contributed by atoms with E-state index in [4.69, 9.17) is 0 Å². The standard InChI is InChI=1S/C19H27N.ClH/c1-3-7-16(8-4-1)13-20-14-17-11-19(12-17,15-20)18-9-5-2-6-10-18;/h2,5-6,9-10,16-17H,1,3-4,7-8,11-15H2;1H. The lowest BCUT2D eigenvalue weighted by Gasteiger charge is -2.57. The number of hydrogen-bond acceptors (Lipinski definition) is 1. The zero-order valence-corrected chi connectivity index (χ0v) is 13.8. The molecule has 2 saturated carbocycles. The second-order valence-corrected chi connectivity index (χ2v) is 7.62. The Kier molecular flexibility index (Phi) is 4.61. The van der Waals surface area contributed by atoms with Gasteiger partial charge >= 0.3 is 0 Å². The van der Waals surface area contributed by atoms with Gasteiger partial charge in [0.05, 0.1) is 0 Å². The molecule has 5 rings (SSSR count). The van der Waals surface area contributed by atoms with Crippen molar-refractivity contribution in [2.45, 2.75) is 50.4 Å². The monoisotopic (exact) mass is 305 g/mol. The molecule has 116 valence electrons. The summed E-state index contributed by atoms with van der Waals surface area (Å²) in [6, 6.07) is 11.3. The van der Waals surface area contributed by atoms with Crippen molar-refractivity contribution in [3.8, 4) is 0 Å². The normalized spacial score (nSPS) is 33.0. The van der Waals surface area contributed by atoms with Crippen LogP contribution < -0.4 is 0 Å². The number of rotatable bonds is 3. The number of nitrogens with zero attached hydrogens (tertiary/aromatic N) is 1. The van der Waals surface area contributed by atoms with Crippen LogP contribution in [0.25, 0.3) is 0 Å². The third-order valence-electron chi connectivity index (χ3n) is 6.03. The summed E-state index contributed by atoms with van der Waals surface area (Å²) in [7, 11) is 0. The van der Waals surface area contributed by atoms with Crippen molar-refractivity contribution in [1.29, 1.82) is 0 Å². The first-order valence-electron chi connectivity index (χ1n) is 8.62. The maximum absolute atomic E-state index is 2.81. The molecule has 0 amide bonds. The van der Waals surface area contributed by atoms with Gasteiger partial charge in [-0.3, -0.25) is 0 Å². The summed E-state index contributed by atoms with van der Waals surface area (Å²) in [5.41, 5.74) is 2.11. The Hall–Kier alpha value is -0.530. The van der Waals surface area contributed by atoms with Crippen molar-refractivity contribution in [2.24, 2.45) is 11.8 Å². The van der Waals surface area contributed by atoms with Crippen LogP contribution in [0.4, 0.5) is 0 Å². The van der Waals surface area contributed by atoms with Crippen LogP contribution in [0.2, 0.25) is 0 Å². The van der Waals surface area contributed by atoms with Gasteiger partial charge in [0.15, 0.2) is 0 Å². The van der Waals surface area contributed by atoms with Crippen molar-refractivity contribution < 1.29 is 0 Å². The Balaban J connectivity index is 0.00000132. The van der Waals surface area contributed by atoms with Gasteiger partial charge in [-0.25, -0.2) is 0 Å². The molecule has 0 atom stereocenters. The average molecular weight is 306 g/mol. The van der Waals surface area contributed by atoms with Gasteiger partial charge in [-0.15, -0.1) is 12.4 Å². The van der Waals surface area contributed by atoms with E-state index in [1.165, 1.54) is 64.6 Å². The van der Waals surface area contributed by atoms with Crippen molar-refractivity contribution in [1.82, 2.24) is 4.90 Å². The second kappa shape index (κ2) is 6.30. The average Bonchev–Trinajstić information content (AvgIpc) is 2.48. The number of fused-ring (bicyclic) bond motifs is 2. The Morgan fingerprint density at radius 2 is 1.71 bits per heavy atom. The van der Waals surface area contributed by atoms with Crippen molar-refractivity contribution in [3.63, 3.8) is 0 Å². The van der Waals surface area contributed by atoms with Gasteiger partial charge in [0.1, 0.15) is 0 Å². The van der Waals surface area contributed by atoms with E-state index in [0.717, 1.165) is 11.8 Å². The molecule has 2 heteroatoms. The van der Waals surface area contributed by atoms with E-state index in [1.807, 2.05) is 0 Å². The van der Waals surface area contributed by atoms with Crippen LogP contribution in [0.15, 0.2) is 30.3 Å². The molecule has 1 nitrogen and oxygen atoms in total. The number of benzene rings is 1. The number of halogens is 1. The topological polar surface area (TPSA) is 3.24 Å². The molecule has 21 heavy (non-hydrogen) atoms. The first-order chi connectivity index (χ1) is 9.84. The lowest BCUT2D eigenvalue weighted by molar-refractivity contribution is -0.0133. The van der Waals surface area contributed by atoms with Crippen LogP contribution in [-0.2, 0) is 5.41 Å². The molecule has 2 saturated heterocycles. The Morgan fingerprint density at radius 3 is 2.43 bits per heavy atom. The molecule has 2 heterocycles. The lowest BCUT2D eigenvalue weighted by atomic mass is 9.55. The summed E-state index contributed by atoms with van der Waals surface area (Å²) < 4.78 is 0. The van der Waals surface area contributed by atoms with E-state index >= 15 is 0 Å². The van der Waals surface area contributed by atoms with Gasteiger partial charge in [-0.1, -0.05) is 49.6 Å². The van der Waals surface area contributed by atoms with E-state index in [9.17, 15) is 0 Å². The molecule has 0 aromatic heterocycles. The van der Waals surface area contributed by atoms with E-state index in [1.54, 1.807) is 5.56 Å². The number of piperidine rings is 2. The summed E-state index contributed by atoms with van der Waals surface area (Å²) in [5.74, 6) is 1.97. The van der Waals surface area contributed by atoms with Gasteiger partial charge < -0.3 is 4.90 Å². The molecule has 0 N–H and O–H groups in total. The molecule has 2 aliphatic carbocycles. The van der Waals surface area contributed by atoms with Crippen LogP contribution in [0.1, 0.15) is 50.5 Å². The van der Waals surface area contributed by atoms with Gasteiger partial charge in [-0.05, 0) is 43.1 Å². The maximum Gasteiger partial charge on any atom is 0.00865 e. The molecular weight excluding hydrogens is 278 g/mol. The highest BCUT2D eigenvalue weighted by atomic mass is 35.5. The van der Waals surface area contributed by atoms with E-state index < -0.39 is 0 Å². The molecule has 2 aliphatic heterocycles. The fraction of sp³-hybridized carbons (Fsp3) is 0.684. The van der Waals surface area contributed by atoms with E-state index in [2.05, 4.69) is 35.2 Å². The minimum atomic E-state index is 0. The third kappa shape index (κ3) is 3.00. The smallest absolute Gasteiger partial charge is 0.00865 e. The molecule has 4 fully saturated rings. The zero-order chi connectivity index (χ0) is 13.4. The largest absolute Gasteiger partial charge is 0.302 e. The first-order valence-corrected chi connectivity index (χ1v) is 8.62.